The zero-order valence-electron chi connectivity index (χ0n) is 8.53. The molecule has 0 amide bonds. The van der Waals surface area contributed by atoms with E-state index in [9.17, 15) is 0 Å². The zero-order chi connectivity index (χ0) is 10.2. The van der Waals surface area contributed by atoms with Crippen molar-refractivity contribution >= 4 is 11.8 Å². The molecule has 0 saturated carbocycles. The molecule has 0 unspecified atom stereocenters. The van der Waals surface area contributed by atoms with Crippen molar-refractivity contribution in [3.63, 3.8) is 0 Å². The Labute approximate surface area is 89.8 Å². The van der Waals surface area contributed by atoms with Crippen molar-refractivity contribution in [1.82, 2.24) is 0 Å². The van der Waals surface area contributed by atoms with Crippen LogP contribution in [0.2, 0.25) is 0 Å². The van der Waals surface area contributed by atoms with E-state index in [4.69, 9.17) is 10.5 Å². The lowest BCUT2D eigenvalue weighted by Gasteiger charge is -2.03. The van der Waals surface area contributed by atoms with E-state index in [2.05, 4.69) is 12.1 Å². The smallest absolute Gasteiger partial charge is 0.119 e. The van der Waals surface area contributed by atoms with Crippen molar-refractivity contribution in [3.8, 4) is 5.75 Å². The highest BCUT2D eigenvalue weighted by molar-refractivity contribution is 7.99. The van der Waals surface area contributed by atoms with Gasteiger partial charge in [-0.2, -0.15) is 0 Å². The standard InChI is InChI=1S/C11H17NOS/c1-13-10-5-4-6-11(9-10)14-8-3-2-7-12/h4-6,9H,2-3,7-8,12H2,1H3. The highest BCUT2D eigenvalue weighted by Gasteiger charge is 1.96. The van der Waals surface area contributed by atoms with Crippen LogP contribution in [0.1, 0.15) is 12.8 Å². The second-order valence-electron chi connectivity index (χ2n) is 3.02. The molecule has 0 spiro atoms. The van der Waals surface area contributed by atoms with Crippen molar-refractivity contribution in [2.45, 2.75) is 17.7 Å². The third kappa shape index (κ3) is 4.03. The second kappa shape index (κ2) is 6.74. The molecule has 2 nitrogen and oxygen atoms in total. The molecule has 0 saturated heterocycles. The van der Waals surface area contributed by atoms with Crippen LogP contribution in [0.25, 0.3) is 0 Å². The van der Waals surface area contributed by atoms with Gasteiger partial charge in [-0.3, -0.25) is 0 Å². The average Bonchev–Trinajstić information content (AvgIpc) is 2.25. The molecule has 0 aliphatic heterocycles. The minimum atomic E-state index is 0.790. The van der Waals surface area contributed by atoms with Gasteiger partial charge < -0.3 is 10.5 Å². The van der Waals surface area contributed by atoms with E-state index in [1.165, 1.54) is 11.3 Å². The van der Waals surface area contributed by atoms with Gasteiger partial charge in [0.2, 0.25) is 0 Å². The Kier molecular flexibility index (Phi) is 5.49. The minimum absolute atomic E-state index is 0.790. The van der Waals surface area contributed by atoms with Crippen LogP contribution in [0.5, 0.6) is 5.75 Å². The van der Waals surface area contributed by atoms with E-state index in [1.54, 1.807) is 7.11 Å². The van der Waals surface area contributed by atoms with Crippen LogP contribution in [-0.4, -0.2) is 19.4 Å². The Morgan fingerprint density at radius 1 is 1.36 bits per heavy atom. The van der Waals surface area contributed by atoms with Crippen molar-refractivity contribution in [3.05, 3.63) is 24.3 Å². The van der Waals surface area contributed by atoms with Crippen LogP contribution in [0.15, 0.2) is 29.2 Å². The Balaban J connectivity index is 2.34. The summed E-state index contributed by atoms with van der Waals surface area (Å²) in [5.74, 6) is 2.05. The first-order chi connectivity index (χ1) is 6.86. The molecule has 14 heavy (non-hydrogen) atoms. The van der Waals surface area contributed by atoms with Gasteiger partial charge in [-0.25, -0.2) is 0 Å². The molecule has 0 fully saturated rings. The first kappa shape index (κ1) is 11.4. The quantitative estimate of drug-likeness (QED) is 0.580. The zero-order valence-corrected chi connectivity index (χ0v) is 9.35. The van der Waals surface area contributed by atoms with E-state index in [-0.39, 0.29) is 0 Å². The van der Waals surface area contributed by atoms with Gasteiger partial charge in [0.25, 0.3) is 0 Å². The number of unbranched alkanes of at least 4 members (excludes halogenated alkanes) is 1. The van der Waals surface area contributed by atoms with Crippen molar-refractivity contribution in [2.75, 3.05) is 19.4 Å². The van der Waals surface area contributed by atoms with Crippen LogP contribution >= 0.6 is 11.8 Å². The summed E-state index contributed by atoms with van der Waals surface area (Å²) in [6, 6.07) is 8.15. The molecule has 0 radical (unpaired) electrons. The molecule has 0 bridgehead atoms. The predicted octanol–water partition coefficient (Wildman–Crippen LogP) is 2.53. The van der Waals surface area contributed by atoms with Crippen LogP contribution in [-0.2, 0) is 0 Å². The van der Waals surface area contributed by atoms with E-state index < -0.39 is 0 Å². The summed E-state index contributed by atoms with van der Waals surface area (Å²) >= 11 is 1.85. The SMILES string of the molecule is COc1cccc(SCCCCN)c1. The Morgan fingerprint density at radius 2 is 2.21 bits per heavy atom. The van der Waals surface area contributed by atoms with Crippen molar-refractivity contribution in [2.24, 2.45) is 5.73 Å². The first-order valence-corrected chi connectivity index (χ1v) is 5.82. The Hall–Kier alpha value is -0.670. The summed E-state index contributed by atoms with van der Waals surface area (Å²) < 4.78 is 5.15. The Bertz CT molecular complexity index is 265. The highest BCUT2D eigenvalue weighted by Crippen LogP contribution is 2.23. The maximum absolute atomic E-state index is 5.42. The predicted molar refractivity (Wildman–Crippen MR) is 62.0 cm³/mol. The molecule has 2 N–H and O–H groups in total. The summed E-state index contributed by atoms with van der Waals surface area (Å²) in [7, 11) is 1.69. The lowest BCUT2D eigenvalue weighted by molar-refractivity contribution is 0.413. The van der Waals surface area contributed by atoms with Crippen LogP contribution in [0.3, 0.4) is 0 Å². The lowest BCUT2D eigenvalue weighted by Crippen LogP contribution is -1.98. The summed E-state index contributed by atoms with van der Waals surface area (Å²) in [4.78, 5) is 1.27. The van der Waals surface area contributed by atoms with Gasteiger partial charge in [-0.05, 0) is 43.3 Å². The Morgan fingerprint density at radius 3 is 2.93 bits per heavy atom. The van der Waals surface area contributed by atoms with E-state index in [0.29, 0.717) is 0 Å². The highest BCUT2D eigenvalue weighted by atomic mass is 32.2. The largest absolute Gasteiger partial charge is 0.497 e. The third-order valence-electron chi connectivity index (χ3n) is 1.91. The third-order valence-corrected chi connectivity index (χ3v) is 2.99. The topological polar surface area (TPSA) is 35.2 Å². The van der Waals surface area contributed by atoms with Gasteiger partial charge in [0, 0.05) is 4.90 Å². The van der Waals surface area contributed by atoms with Gasteiger partial charge in [-0.15, -0.1) is 11.8 Å². The molecule has 0 aliphatic rings. The van der Waals surface area contributed by atoms with Crippen molar-refractivity contribution < 1.29 is 4.74 Å². The average molecular weight is 211 g/mol. The van der Waals surface area contributed by atoms with Gasteiger partial charge in [0.15, 0.2) is 0 Å². The summed E-state index contributed by atoms with van der Waals surface area (Å²) in [5, 5.41) is 0. The number of ether oxygens (including phenoxy) is 1. The van der Waals surface area contributed by atoms with Crippen LogP contribution in [0.4, 0.5) is 0 Å². The summed E-state index contributed by atoms with van der Waals surface area (Å²) in [6.45, 7) is 0.790. The van der Waals surface area contributed by atoms with Gasteiger partial charge in [0.05, 0.1) is 7.11 Å². The normalized spacial score (nSPS) is 10.1. The lowest BCUT2D eigenvalue weighted by atomic mass is 10.3. The number of rotatable bonds is 6. The molecule has 1 aromatic rings. The molecular weight excluding hydrogens is 194 g/mol. The number of hydrogen-bond donors (Lipinski definition) is 1. The van der Waals surface area contributed by atoms with E-state index in [1.807, 2.05) is 23.9 Å². The summed E-state index contributed by atoms with van der Waals surface area (Å²) in [5.41, 5.74) is 5.42. The van der Waals surface area contributed by atoms with Gasteiger partial charge >= 0.3 is 0 Å². The fourth-order valence-electron chi connectivity index (χ4n) is 1.13. The number of thioether (sulfide) groups is 1. The fourth-order valence-corrected chi connectivity index (χ4v) is 2.09. The molecule has 0 atom stereocenters. The second-order valence-corrected chi connectivity index (χ2v) is 4.19. The number of hydrogen-bond acceptors (Lipinski definition) is 3. The van der Waals surface area contributed by atoms with Crippen LogP contribution in [0, 0.1) is 0 Å². The molecule has 0 aromatic heterocycles. The molecule has 3 heteroatoms. The minimum Gasteiger partial charge on any atom is -0.497 e. The molecular formula is C11H17NOS. The van der Waals surface area contributed by atoms with E-state index in [0.717, 1.165) is 24.5 Å². The molecule has 1 aromatic carbocycles. The molecule has 0 aliphatic carbocycles. The maximum Gasteiger partial charge on any atom is 0.119 e. The van der Waals surface area contributed by atoms with E-state index >= 15 is 0 Å². The number of nitrogens with two attached hydrogens (primary N) is 1. The summed E-state index contributed by atoms with van der Waals surface area (Å²) in [6.07, 6.45) is 2.29. The molecule has 0 heterocycles. The first-order valence-electron chi connectivity index (χ1n) is 4.83. The van der Waals surface area contributed by atoms with Gasteiger partial charge in [0.1, 0.15) is 5.75 Å². The maximum atomic E-state index is 5.42. The van der Waals surface area contributed by atoms with Gasteiger partial charge in [-0.1, -0.05) is 6.07 Å². The fraction of sp³-hybridized carbons (Fsp3) is 0.455. The van der Waals surface area contributed by atoms with Crippen LogP contribution < -0.4 is 10.5 Å². The number of methoxy groups -OCH3 is 1. The number of benzene rings is 1. The van der Waals surface area contributed by atoms with Crippen molar-refractivity contribution in [1.29, 1.82) is 0 Å². The monoisotopic (exact) mass is 211 g/mol. The molecule has 78 valence electrons. The molecule has 1 rings (SSSR count).